The lowest BCUT2D eigenvalue weighted by Crippen LogP contribution is -3.06. The molecule has 2 saturated heterocycles. The Morgan fingerprint density at radius 3 is 1.19 bits per heavy atom. The molecule has 156 valence electrons. The van der Waals surface area contributed by atoms with Crippen LogP contribution >= 0.6 is 0 Å². The highest BCUT2D eigenvalue weighted by Crippen LogP contribution is 2.26. The lowest BCUT2D eigenvalue weighted by atomic mass is 9.81. The second kappa shape index (κ2) is 7.36. The molecule has 0 spiro atoms. The van der Waals surface area contributed by atoms with E-state index < -0.39 is 11.9 Å². The van der Waals surface area contributed by atoms with Gasteiger partial charge in [0.25, 0.3) is 0 Å². The van der Waals surface area contributed by atoms with Crippen LogP contribution in [0.3, 0.4) is 0 Å². The predicted octanol–water partition coefficient (Wildman–Crippen LogP) is 1.03. The second-order valence-electron chi connectivity index (χ2n) is 11.5. The van der Waals surface area contributed by atoms with Crippen molar-refractivity contribution in [1.29, 1.82) is 0 Å². The smallest absolute Gasteiger partial charge is 0.317 e. The summed E-state index contributed by atoms with van der Waals surface area (Å²) in [5, 5.41) is 4.67. The molecule has 2 heterocycles. The van der Waals surface area contributed by atoms with Crippen LogP contribution in [0.15, 0.2) is 0 Å². The number of ether oxygens (including phenoxy) is 2. The highest BCUT2D eigenvalue weighted by atomic mass is 16.6. The normalized spacial score (nSPS) is 27.0. The van der Waals surface area contributed by atoms with E-state index in [9.17, 15) is 9.59 Å². The molecule has 27 heavy (non-hydrogen) atoms. The molecule has 2 rings (SSSR count). The fraction of sp³-hybridized carbons (Fsp3) is 0.905. The standard InChI is InChI=1S/C21H38N2O4/c1-18(2)10-14(11-19(3,4)22-18)26-16(24)9-17(25)27-15-12-20(5,6)23-21(7,8)13-15/h14-15,22-23H,9-13H2,1-8H3/p+2. The summed E-state index contributed by atoms with van der Waals surface area (Å²) < 4.78 is 11.3. The van der Waals surface area contributed by atoms with E-state index in [0.29, 0.717) is 0 Å². The summed E-state index contributed by atoms with van der Waals surface area (Å²) in [5.41, 5.74) is 0.0673. The van der Waals surface area contributed by atoms with Gasteiger partial charge in [-0.1, -0.05) is 0 Å². The summed E-state index contributed by atoms with van der Waals surface area (Å²) >= 11 is 0. The van der Waals surface area contributed by atoms with Gasteiger partial charge < -0.3 is 20.1 Å². The molecule has 0 unspecified atom stereocenters. The third kappa shape index (κ3) is 7.07. The number of hydrogen-bond acceptors (Lipinski definition) is 4. The maximum Gasteiger partial charge on any atom is 0.317 e. The monoisotopic (exact) mass is 384 g/mol. The molecular formula is C21H40N2O4+2. The van der Waals surface area contributed by atoms with Gasteiger partial charge >= 0.3 is 11.9 Å². The summed E-state index contributed by atoms with van der Waals surface area (Å²) in [5.74, 6) is -0.946. The van der Waals surface area contributed by atoms with Gasteiger partial charge in [0.15, 0.2) is 0 Å². The van der Waals surface area contributed by atoms with Crippen molar-refractivity contribution in [2.24, 2.45) is 0 Å². The number of piperidine rings is 2. The van der Waals surface area contributed by atoms with E-state index in [2.05, 4.69) is 66.0 Å². The van der Waals surface area contributed by atoms with E-state index in [1.807, 2.05) is 0 Å². The molecule has 2 aliphatic rings. The fourth-order valence-corrected chi connectivity index (χ4v) is 5.58. The third-order valence-corrected chi connectivity index (χ3v) is 5.46. The van der Waals surface area contributed by atoms with E-state index in [1.165, 1.54) is 0 Å². The Balaban J connectivity index is 1.86. The zero-order chi connectivity index (χ0) is 20.7. The lowest BCUT2D eigenvalue weighted by molar-refractivity contribution is -0.790. The SMILES string of the molecule is CC1(C)CC(OC(=O)CC(=O)OC2CC(C)(C)[NH2+]C(C)(C)C2)CC(C)(C)[NH2+]1. The van der Waals surface area contributed by atoms with Crippen molar-refractivity contribution in [3.8, 4) is 0 Å². The predicted molar refractivity (Wildman–Crippen MR) is 103 cm³/mol. The molecule has 6 nitrogen and oxygen atoms in total. The average molecular weight is 385 g/mol. The molecule has 0 saturated carbocycles. The minimum Gasteiger partial charge on any atom is -0.461 e. The van der Waals surface area contributed by atoms with Gasteiger partial charge in [0, 0.05) is 25.7 Å². The second-order valence-corrected chi connectivity index (χ2v) is 11.5. The summed E-state index contributed by atoms with van der Waals surface area (Å²) in [4.78, 5) is 24.6. The van der Waals surface area contributed by atoms with Crippen molar-refractivity contribution in [2.75, 3.05) is 0 Å². The first-order valence-electron chi connectivity index (χ1n) is 10.2. The van der Waals surface area contributed by atoms with Gasteiger partial charge in [-0.05, 0) is 55.4 Å². The van der Waals surface area contributed by atoms with E-state index in [1.54, 1.807) is 0 Å². The van der Waals surface area contributed by atoms with Crippen molar-refractivity contribution < 1.29 is 29.7 Å². The van der Waals surface area contributed by atoms with Crippen LogP contribution in [0.1, 0.15) is 87.5 Å². The Morgan fingerprint density at radius 1 is 0.667 bits per heavy atom. The first kappa shape index (κ1) is 22.2. The quantitative estimate of drug-likeness (QED) is 0.560. The summed E-state index contributed by atoms with van der Waals surface area (Å²) in [6.07, 6.45) is 2.55. The molecule has 0 aromatic carbocycles. The van der Waals surface area contributed by atoms with Crippen LogP contribution in [0.5, 0.6) is 0 Å². The zero-order valence-electron chi connectivity index (χ0n) is 18.5. The van der Waals surface area contributed by atoms with Gasteiger partial charge in [-0.25, -0.2) is 0 Å². The van der Waals surface area contributed by atoms with Crippen molar-refractivity contribution >= 4 is 11.9 Å². The minimum atomic E-state index is -0.473. The Bertz CT molecular complexity index is 499. The summed E-state index contributed by atoms with van der Waals surface area (Å²) in [7, 11) is 0. The molecule has 4 N–H and O–H groups in total. The Hall–Kier alpha value is -1.14. The molecule has 6 heteroatoms. The maximum atomic E-state index is 12.3. The van der Waals surface area contributed by atoms with Crippen LogP contribution < -0.4 is 10.6 Å². The van der Waals surface area contributed by atoms with Gasteiger partial charge in [0.1, 0.15) is 18.6 Å². The molecule has 0 aliphatic carbocycles. The Labute approximate surface area is 164 Å². The molecule has 0 bridgehead atoms. The number of carbonyl (C=O) groups excluding carboxylic acids is 2. The van der Waals surface area contributed by atoms with E-state index in [0.717, 1.165) is 25.7 Å². The summed E-state index contributed by atoms with van der Waals surface area (Å²) in [6.45, 7) is 17.3. The molecular weight excluding hydrogens is 344 g/mol. The topological polar surface area (TPSA) is 85.8 Å². The number of carbonyl (C=O) groups is 2. The van der Waals surface area contributed by atoms with Crippen molar-refractivity contribution in [3.05, 3.63) is 0 Å². The van der Waals surface area contributed by atoms with Gasteiger partial charge in [-0.15, -0.1) is 0 Å². The number of quaternary nitrogens is 2. The number of hydrogen-bond donors (Lipinski definition) is 2. The van der Waals surface area contributed by atoms with Crippen LogP contribution in [0.2, 0.25) is 0 Å². The molecule has 0 radical (unpaired) electrons. The van der Waals surface area contributed by atoms with E-state index in [-0.39, 0.29) is 40.8 Å². The minimum absolute atomic E-state index is 0.0168. The lowest BCUT2D eigenvalue weighted by Gasteiger charge is -2.42. The Morgan fingerprint density at radius 2 is 0.926 bits per heavy atom. The van der Waals surface area contributed by atoms with Crippen molar-refractivity contribution in [1.82, 2.24) is 0 Å². The van der Waals surface area contributed by atoms with E-state index >= 15 is 0 Å². The average Bonchev–Trinajstić information content (AvgIpc) is 2.28. The van der Waals surface area contributed by atoms with E-state index in [4.69, 9.17) is 9.47 Å². The zero-order valence-corrected chi connectivity index (χ0v) is 18.5. The Kier molecular flexibility index (Phi) is 6.04. The molecule has 0 atom stereocenters. The highest BCUT2D eigenvalue weighted by molar-refractivity contribution is 5.91. The highest BCUT2D eigenvalue weighted by Gasteiger charge is 2.44. The first-order valence-corrected chi connectivity index (χ1v) is 10.2. The first-order chi connectivity index (χ1) is 12.1. The molecule has 0 aromatic rings. The number of esters is 2. The number of rotatable bonds is 4. The molecule has 2 aliphatic heterocycles. The maximum absolute atomic E-state index is 12.3. The van der Waals surface area contributed by atoms with Crippen molar-refractivity contribution in [3.63, 3.8) is 0 Å². The van der Waals surface area contributed by atoms with Gasteiger partial charge in [-0.2, -0.15) is 0 Å². The number of nitrogens with two attached hydrogens (primary N) is 2. The van der Waals surface area contributed by atoms with Crippen LogP contribution in [0, 0.1) is 0 Å². The third-order valence-electron chi connectivity index (χ3n) is 5.46. The van der Waals surface area contributed by atoms with Gasteiger partial charge in [0.05, 0.1) is 22.2 Å². The molecule has 2 fully saturated rings. The van der Waals surface area contributed by atoms with Gasteiger partial charge in [0.2, 0.25) is 0 Å². The van der Waals surface area contributed by atoms with Crippen LogP contribution in [-0.2, 0) is 19.1 Å². The fourth-order valence-electron chi connectivity index (χ4n) is 5.58. The summed E-state index contributed by atoms with van der Waals surface area (Å²) in [6, 6.07) is 0. The van der Waals surface area contributed by atoms with Crippen LogP contribution in [0.25, 0.3) is 0 Å². The van der Waals surface area contributed by atoms with Gasteiger partial charge in [-0.3, -0.25) is 9.59 Å². The van der Waals surface area contributed by atoms with Crippen molar-refractivity contribution in [2.45, 2.75) is 122 Å². The largest absolute Gasteiger partial charge is 0.461 e. The molecule has 0 amide bonds. The molecule has 0 aromatic heterocycles. The van der Waals surface area contributed by atoms with Crippen LogP contribution in [-0.4, -0.2) is 46.3 Å². The van der Waals surface area contributed by atoms with Crippen LogP contribution in [0.4, 0.5) is 0 Å².